The number of allylic oxidation sites excluding steroid dienone is 5. The molecule has 0 bridgehead atoms. The maximum Gasteiger partial charge on any atom is 0.295 e. The Bertz CT molecular complexity index is 4900. The van der Waals surface area contributed by atoms with Crippen molar-refractivity contribution in [2.75, 3.05) is 46.3 Å². The molecule has 6 aromatic rings. The largest absolute Gasteiger partial charge is 0.364 e. The van der Waals surface area contributed by atoms with Gasteiger partial charge in [-0.3, -0.25) is 41.9 Å². The van der Waals surface area contributed by atoms with Gasteiger partial charge >= 0.3 is 0 Å². The number of primary sulfonamides is 1. The van der Waals surface area contributed by atoms with Gasteiger partial charge in [-0.25, -0.2) is 13.6 Å². The van der Waals surface area contributed by atoms with Crippen LogP contribution in [0, 0.1) is 0 Å². The molecule has 2 amide bonds. The third-order valence-corrected chi connectivity index (χ3v) is 22.4. The fraction of sp³-hybridized carbons (Fsp3) is 0.340. The zero-order chi connectivity index (χ0) is 67.4. The zero-order valence-corrected chi connectivity index (χ0v) is 54.8. The molecule has 0 radical (unpaired) electrons. The van der Waals surface area contributed by atoms with Crippen molar-refractivity contribution in [2.24, 2.45) is 5.14 Å². The van der Waals surface area contributed by atoms with E-state index >= 15 is 0 Å². The van der Waals surface area contributed by atoms with Gasteiger partial charge in [0, 0.05) is 70.9 Å². The number of nitrogens with one attached hydrogen (secondary N) is 2. The van der Waals surface area contributed by atoms with E-state index in [2.05, 4.69) is 25.8 Å². The molecule has 0 saturated carbocycles. The zero-order valence-electron chi connectivity index (χ0n) is 48.3. The number of hydrogen-bond acceptors (Lipinski definition) is 22. The molecule has 4 aromatic carbocycles. The van der Waals surface area contributed by atoms with Crippen LogP contribution in [-0.4, -0.2) is 150 Å². The molecule has 0 spiro atoms. The van der Waals surface area contributed by atoms with Crippen LogP contribution in [0.25, 0.3) is 27.1 Å². The molecule has 1 atom stereocenters. The summed E-state index contributed by atoms with van der Waals surface area (Å²) in [6.45, 7) is 6.56. The van der Waals surface area contributed by atoms with Crippen molar-refractivity contribution in [1.82, 2.24) is 20.5 Å². The SMILES string of the molecule is CC1(C)C(=CC=C(/C=C/C2N(CCCS(=O)(=O)O)c3ccc4c(S(=O)(=O)O)cc(S(=O)(=O)O)cc4c3C2(C)C)c2ccc(C(=O)NCCCCCC(=O)Nc3nnc(S(N)(=O)=O)s3)cn2)N(CCCS(=O)(=O)O)c2ccc3c(S(=O)(=O)O)cc(S(=O)(=O)O)cc3c21. The summed E-state index contributed by atoms with van der Waals surface area (Å²) in [5.74, 6) is -2.49. The van der Waals surface area contributed by atoms with Crippen LogP contribution in [0.1, 0.15) is 93.4 Å². The van der Waals surface area contributed by atoms with Crippen molar-refractivity contribution in [2.45, 2.75) is 107 Å². The molecule has 4 heterocycles. The maximum atomic E-state index is 13.5. The molecule has 492 valence electrons. The van der Waals surface area contributed by atoms with Gasteiger partial charge in [0.15, 0.2) is 0 Å². The number of nitrogens with zero attached hydrogens (tertiary/aromatic N) is 5. The van der Waals surface area contributed by atoms with E-state index in [0.717, 1.165) is 12.1 Å². The molecule has 0 fully saturated rings. The summed E-state index contributed by atoms with van der Waals surface area (Å²) in [6, 6.07) is 10.7. The van der Waals surface area contributed by atoms with E-state index in [1.807, 2.05) is 0 Å². The van der Waals surface area contributed by atoms with Gasteiger partial charge in [0.1, 0.15) is 9.79 Å². The molecule has 10 N–H and O–H groups in total. The number of sulfonamides is 1. The Labute approximate surface area is 527 Å². The third-order valence-electron chi connectivity index (χ3n) is 15.2. The lowest BCUT2D eigenvalue weighted by molar-refractivity contribution is -0.116. The predicted octanol–water partition coefficient (Wildman–Crippen LogP) is 5.15. The molecule has 2 aromatic heterocycles. The quantitative estimate of drug-likeness (QED) is 0.0155. The van der Waals surface area contributed by atoms with Gasteiger partial charge in [0.05, 0.1) is 38.6 Å². The molecule has 91 heavy (non-hydrogen) atoms. The molecule has 2 aliphatic rings. The number of carbonyl (C=O) groups is 2. The number of rotatable bonds is 25. The Morgan fingerprint density at radius 1 is 0.648 bits per heavy atom. The maximum absolute atomic E-state index is 13.5. The van der Waals surface area contributed by atoms with Crippen LogP contribution >= 0.6 is 11.3 Å². The highest BCUT2D eigenvalue weighted by molar-refractivity contribution is 7.91. The van der Waals surface area contributed by atoms with Crippen LogP contribution in [0.4, 0.5) is 16.5 Å². The monoisotopic (exact) mass is 1420 g/mol. The fourth-order valence-corrected chi connectivity index (χ4v) is 16.3. The Balaban J connectivity index is 1.22. The van der Waals surface area contributed by atoms with E-state index < -0.39 is 135 Å². The van der Waals surface area contributed by atoms with E-state index in [1.54, 1.807) is 61.8 Å². The summed E-state index contributed by atoms with van der Waals surface area (Å²) in [7, 11) is -33.8. The normalized spacial score (nSPS) is 16.9. The first kappa shape index (κ1) is 70.1. The second-order valence-corrected chi connectivity index (χ2v) is 33.7. The van der Waals surface area contributed by atoms with Gasteiger partial charge in [-0.05, 0) is 108 Å². The Morgan fingerprint density at radius 3 is 1.73 bits per heavy atom. The third kappa shape index (κ3) is 16.0. The van der Waals surface area contributed by atoms with Crippen molar-refractivity contribution in [3.63, 3.8) is 0 Å². The number of aromatic nitrogens is 3. The average Bonchev–Trinajstić information content (AvgIpc) is 1.62. The molecule has 38 heteroatoms. The first-order valence-corrected chi connectivity index (χ1v) is 38.3. The summed E-state index contributed by atoms with van der Waals surface area (Å²) in [5.41, 5.74) is -0.701. The number of unbranched alkanes of at least 4 members (excludes halogenated alkanes) is 2. The smallest absolute Gasteiger partial charge is 0.295 e. The van der Waals surface area contributed by atoms with Crippen LogP contribution in [0.15, 0.2) is 121 Å². The number of nitrogens with two attached hydrogens (primary N) is 1. The minimum atomic E-state index is -5.18. The minimum absolute atomic E-state index is 0.0255. The van der Waals surface area contributed by atoms with Gasteiger partial charge < -0.3 is 20.4 Å². The number of anilines is 3. The molecule has 0 saturated heterocycles. The van der Waals surface area contributed by atoms with E-state index in [0.29, 0.717) is 54.1 Å². The predicted molar refractivity (Wildman–Crippen MR) is 334 cm³/mol. The molecule has 8 rings (SSSR count). The lowest BCUT2D eigenvalue weighted by Gasteiger charge is -2.32. The van der Waals surface area contributed by atoms with E-state index in [9.17, 15) is 95.8 Å². The Kier molecular flexibility index (Phi) is 19.7. The second kappa shape index (κ2) is 25.6. The molecule has 1 unspecified atom stereocenters. The van der Waals surface area contributed by atoms with Crippen molar-refractivity contribution in [1.29, 1.82) is 0 Å². The number of carbonyl (C=O) groups excluding carboxylic acids is 2. The number of pyridine rings is 1. The van der Waals surface area contributed by atoms with E-state index in [-0.39, 0.29) is 99.2 Å². The Morgan fingerprint density at radius 2 is 1.21 bits per heavy atom. The summed E-state index contributed by atoms with van der Waals surface area (Å²) in [5, 5.41) is 16.8. The molecule has 2 aliphatic heterocycles. The fourth-order valence-electron chi connectivity index (χ4n) is 11.2. The highest BCUT2D eigenvalue weighted by Gasteiger charge is 2.46. The van der Waals surface area contributed by atoms with Gasteiger partial charge in [0.25, 0.3) is 76.6 Å². The minimum Gasteiger partial charge on any atom is -0.364 e. The lowest BCUT2D eigenvalue weighted by Crippen LogP contribution is -2.41. The summed E-state index contributed by atoms with van der Waals surface area (Å²) in [6.07, 6.45) is 8.46. The standard InChI is InChI=1S/C53H60N8O22S8/c1-52(2)44(60(22-8-24-85(64,65)66)40-17-14-35-37(47(40)52)26-33(88(72,73)74)28-42(35)90(78,79)80)19-12-31(39-16-11-32(30-56-39)49(63)55-21-7-5-6-10-46(62)57-50-58-59-51(84-50)87(54,70)71)13-20-45-53(3,4)48-38-27-34(89(75,76)77)29-43(91(81,82)83)36(38)15-18-41(48)61(45)23-9-25-86(67,68)69/h11-20,26-30,44H,5-10,21-25H2,1-4H3,(H,55,63)(H2,54,70,71)(H,57,58,62)(H,64,65,66)(H,67,68,69)(H,72,73,74)(H,75,76,77)(H,78,79,80)(H,81,82,83)/b19-12+,31-13?,45-20?. The molecule has 0 aliphatic carbocycles. The highest BCUT2D eigenvalue weighted by Crippen LogP contribution is 2.53. The molecule has 30 nitrogen and oxygen atoms in total. The van der Waals surface area contributed by atoms with Crippen LogP contribution in [0.3, 0.4) is 0 Å². The van der Waals surface area contributed by atoms with E-state index in [4.69, 9.17) is 5.14 Å². The van der Waals surface area contributed by atoms with Crippen LogP contribution in [0.5, 0.6) is 0 Å². The Hall–Kier alpha value is -6.76. The average molecular weight is 1420 g/mol. The number of hydrogen-bond donors (Lipinski definition) is 9. The summed E-state index contributed by atoms with van der Waals surface area (Å²) < 4.78 is 233. The van der Waals surface area contributed by atoms with E-state index in [1.165, 1.54) is 42.6 Å². The second-order valence-electron chi connectivity index (χ2n) is 22.3. The topological polar surface area (TPSA) is 490 Å². The van der Waals surface area contributed by atoms with Crippen LogP contribution in [-0.2, 0) is 86.4 Å². The van der Waals surface area contributed by atoms with Gasteiger partial charge in [-0.15, -0.1) is 10.2 Å². The number of fused-ring (bicyclic) bond motifs is 6. The van der Waals surface area contributed by atoms with Crippen molar-refractivity contribution < 1.29 is 95.8 Å². The summed E-state index contributed by atoms with van der Waals surface area (Å²) >= 11 is 0.582. The summed E-state index contributed by atoms with van der Waals surface area (Å²) in [4.78, 5) is 30.4. The van der Waals surface area contributed by atoms with Gasteiger partial charge in [-0.1, -0.05) is 75.8 Å². The van der Waals surface area contributed by atoms with Crippen LogP contribution < -0.4 is 25.6 Å². The van der Waals surface area contributed by atoms with Gasteiger partial charge in [0.2, 0.25) is 15.4 Å². The molecular weight excluding hydrogens is 1360 g/mol. The molecular formula is C53H60N8O22S8. The lowest BCUT2D eigenvalue weighted by atomic mass is 9.78. The van der Waals surface area contributed by atoms with Gasteiger partial charge in [-0.2, -0.15) is 50.5 Å². The van der Waals surface area contributed by atoms with Crippen LogP contribution in [0.2, 0.25) is 0 Å². The number of benzene rings is 4. The number of amides is 2. The van der Waals surface area contributed by atoms with Crippen molar-refractivity contribution in [3.05, 3.63) is 119 Å². The first-order chi connectivity index (χ1) is 41.9. The van der Waals surface area contributed by atoms with Crippen molar-refractivity contribution in [3.8, 4) is 0 Å². The first-order valence-electron chi connectivity index (χ1n) is 27.0. The van der Waals surface area contributed by atoms with Crippen molar-refractivity contribution >= 4 is 138 Å². The highest BCUT2D eigenvalue weighted by atomic mass is 32.3.